The van der Waals surface area contributed by atoms with Crippen molar-refractivity contribution in [2.75, 3.05) is 26.1 Å². The molecule has 1 aliphatic heterocycles. The van der Waals surface area contributed by atoms with Gasteiger partial charge in [0.1, 0.15) is 22.5 Å². The van der Waals surface area contributed by atoms with Gasteiger partial charge in [0.2, 0.25) is 11.0 Å². The van der Waals surface area contributed by atoms with Gasteiger partial charge in [-0.15, -0.1) is 10.2 Å². The summed E-state index contributed by atoms with van der Waals surface area (Å²) >= 11 is 4.73. The van der Waals surface area contributed by atoms with Crippen LogP contribution in [0.1, 0.15) is 23.2 Å². The van der Waals surface area contributed by atoms with Gasteiger partial charge in [0.15, 0.2) is 0 Å². The van der Waals surface area contributed by atoms with Gasteiger partial charge in [0, 0.05) is 22.6 Å². The number of amides is 2. The van der Waals surface area contributed by atoms with Crippen molar-refractivity contribution in [1.82, 2.24) is 15.1 Å². The fourth-order valence-electron chi connectivity index (χ4n) is 3.61. The lowest BCUT2D eigenvalue weighted by molar-refractivity contribution is -0.119. The van der Waals surface area contributed by atoms with Crippen molar-refractivity contribution in [2.24, 2.45) is 0 Å². The normalized spacial score (nSPS) is 15.5. The number of benzene rings is 2. The summed E-state index contributed by atoms with van der Waals surface area (Å²) in [5.74, 6) is 0.462. The van der Waals surface area contributed by atoms with Crippen molar-refractivity contribution < 1.29 is 19.1 Å². The number of methoxy groups -OCH3 is 2. The Balaban J connectivity index is 1.49. The first-order valence-corrected chi connectivity index (χ1v) is 11.5. The lowest BCUT2D eigenvalue weighted by Gasteiger charge is -2.24. The second-order valence-corrected chi connectivity index (χ2v) is 9.03. The van der Waals surface area contributed by atoms with Crippen molar-refractivity contribution in [3.8, 4) is 22.1 Å². The zero-order chi connectivity index (χ0) is 22.7. The molecule has 1 atom stereocenters. The largest absolute Gasteiger partial charge is 0.497 e. The number of nitrogens with one attached hydrogen (secondary N) is 1. The van der Waals surface area contributed by atoms with E-state index in [9.17, 15) is 9.59 Å². The Morgan fingerprint density at radius 2 is 2.00 bits per heavy atom. The van der Waals surface area contributed by atoms with Gasteiger partial charge >= 0.3 is 0 Å². The summed E-state index contributed by atoms with van der Waals surface area (Å²) in [5, 5.41) is 12.2. The molecule has 2 amide bonds. The summed E-state index contributed by atoms with van der Waals surface area (Å²) in [6.45, 7) is 0.492. The Morgan fingerprint density at radius 1 is 1.16 bits per heavy atom. The fraction of sp³-hybridized carbons (Fsp3) is 0.273. The molecule has 1 aliphatic rings. The molecule has 1 saturated heterocycles. The third-order valence-electron chi connectivity index (χ3n) is 5.18. The highest BCUT2D eigenvalue weighted by Gasteiger charge is 2.36. The highest BCUT2D eigenvalue weighted by Crippen LogP contribution is 2.31. The van der Waals surface area contributed by atoms with Gasteiger partial charge in [-0.2, -0.15) is 0 Å². The van der Waals surface area contributed by atoms with Gasteiger partial charge < -0.3 is 14.4 Å². The minimum Gasteiger partial charge on any atom is -0.497 e. The van der Waals surface area contributed by atoms with Gasteiger partial charge in [-0.1, -0.05) is 39.4 Å². The second kappa shape index (κ2) is 9.66. The number of carbonyl (C=O) groups is 2. The van der Waals surface area contributed by atoms with Crippen molar-refractivity contribution in [1.29, 1.82) is 0 Å². The Labute approximate surface area is 197 Å². The summed E-state index contributed by atoms with van der Waals surface area (Å²) in [6.07, 6.45) is 1.31. The fourth-order valence-corrected chi connectivity index (χ4v) is 4.76. The first kappa shape index (κ1) is 22.2. The number of likely N-dealkylation sites (tertiary alicyclic amines) is 1. The highest BCUT2D eigenvalue weighted by molar-refractivity contribution is 9.10. The van der Waals surface area contributed by atoms with Crippen LogP contribution in [0.4, 0.5) is 5.13 Å². The molecule has 3 aromatic rings. The Hall–Kier alpha value is -2.98. The van der Waals surface area contributed by atoms with Crippen LogP contribution < -0.4 is 14.8 Å². The molecule has 8 nitrogen and oxygen atoms in total. The predicted molar refractivity (Wildman–Crippen MR) is 125 cm³/mol. The van der Waals surface area contributed by atoms with Crippen LogP contribution in [0.2, 0.25) is 0 Å². The van der Waals surface area contributed by atoms with E-state index in [1.807, 2.05) is 24.3 Å². The van der Waals surface area contributed by atoms with Crippen molar-refractivity contribution in [2.45, 2.75) is 18.9 Å². The molecular weight excluding hydrogens is 496 g/mol. The molecule has 0 saturated carbocycles. The van der Waals surface area contributed by atoms with E-state index in [2.05, 4.69) is 31.4 Å². The van der Waals surface area contributed by atoms with E-state index in [4.69, 9.17) is 9.47 Å². The van der Waals surface area contributed by atoms with Crippen LogP contribution in [0.25, 0.3) is 10.6 Å². The van der Waals surface area contributed by atoms with Crippen molar-refractivity contribution in [3.63, 3.8) is 0 Å². The summed E-state index contributed by atoms with van der Waals surface area (Å²) in [5.41, 5.74) is 1.29. The number of rotatable bonds is 6. The predicted octanol–water partition coefficient (Wildman–Crippen LogP) is 4.23. The zero-order valence-corrected chi connectivity index (χ0v) is 19.9. The highest BCUT2D eigenvalue weighted by atomic mass is 79.9. The monoisotopic (exact) mass is 516 g/mol. The smallest absolute Gasteiger partial charge is 0.258 e. The minimum atomic E-state index is -0.590. The molecule has 4 rings (SSSR count). The van der Waals surface area contributed by atoms with E-state index in [1.54, 1.807) is 30.2 Å². The molecule has 2 heterocycles. The summed E-state index contributed by atoms with van der Waals surface area (Å²) < 4.78 is 11.5. The number of nitrogens with zero attached hydrogens (tertiary/aromatic N) is 3. The number of anilines is 1. The molecule has 1 unspecified atom stereocenters. The number of carbonyl (C=O) groups excluding carboxylic acids is 2. The molecule has 10 heteroatoms. The van der Waals surface area contributed by atoms with Crippen LogP contribution in [0.3, 0.4) is 0 Å². The molecule has 0 spiro atoms. The minimum absolute atomic E-state index is 0.255. The zero-order valence-electron chi connectivity index (χ0n) is 17.5. The van der Waals surface area contributed by atoms with Crippen LogP contribution in [0.15, 0.2) is 46.9 Å². The Bertz CT molecular complexity index is 1150. The summed E-state index contributed by atoms with van der Waals surface area (Å²) in [4.78, 5) is 27.8. The molecule has 0 bridgehead atoms. The van der Waals surface area contributed by atoms with Crippen LogP contribution in [-0.4, -0.2) is 53.7 Å². The lowest BCUT2D eigenvalue weighted by atomic mass is 10.1. The average molecular weight is 517 g/mol. The third-order valence-corrected chi connectivity index (χ3v) is 6.56. The molecule has 32 heavy (non-hydrogen) atoms. The van der Waals surface area contributed by atoms with Crippen molar-refractivity contribution in [3.05, 3.63) is 52.5 Å². The Morgan fingerprint density at radius 3 is 2.75 bits per heavy atom. The molecule has 1 aromatic heterocycles. The van der Waals surface area contributed by atoms with E-state index in [0.29, 0.717) is 40.2 Å². The van der Waals surface area contributed by atoms with Gasteiger partial charge in [-0.05, 0) is 37.1 Å². The van der Waals surface area contributed by atoms with Crippen LogP contribution in [0.5, 0.6) is 11.5 Å². The Kier molecular flexibility index (Phi) is 6.71. The average Bonchev–Trinajstić information content (AvgIpc) is 3.48. The van der Waals surface area contributed by atoms with Crippen LogP contribution in [0, 0.1) is 0 Å². The van der Waals surface area contributed by atoms with E-state index in [1.165, 1.54) is 18.4 Å². The maximum Gasteiger partial charge on any atom is 0.258 e. The third kappa shape index (κ3) is 4.61. The van der Waals surface area contributed by atoms with Crippen molar-refractivity contribution >= 4 is 44.2 Å². The number of ether oxygens (including phenoxy) is 2. The number of hydrogen-bond acceptors (Lipinski definition) is 7. The van der Waals surface area contributed by atoms with Crippen LogP contribution in [-0.2, 0) is 4.79 Å². The first-order valence-electron chi connectivity index (χ1n) is 9.93. The summed E-state index contributed by atoms with van der Waals surface area (Å²) in [6, 6.07) is 12.1. The van der Waals surface area contributed by atoms with Gasteiger partial charge in [0.05, 0.1) is 19.8 Å². The SMILES string of the molecule is COc1ccc(C(=O)N2CCCC2C(=O)Nc2nnc(-c3cccc(Br)c3)s2)c(OC)c1. The van der Waals surface area contributed by atoms with Crippen LogP contribution >= 0.6 is 27.3 Å². The van der Waals surface area contributed by atoms with E-state index >= 15 is 0 Å². The number of halogens is 1. The molecule has 2 aromatic carbocycles. The van der Waals surface area contributed by atoms with Gasteiger partial charge in [-0.3, -0.25) is 14.9 Å². The maximum atomic E-state index is 13.2. The molecule has 0 radical (unpaired) electrons. The molecule has 1 N–H and O–H groups in total. The number of aromatic nitrogens is 2. The topological polar surface area (TPSA) is 93.7 Å². The molecule has 1 fully saturated rings. The maximum absolute atomic E-state index is 13.2. The lowest BCUT2D eigenvalue weighted by Crippen LogP contribution is -2.43. The molecular formula is C22H21BrN4O4S. The standard InChI is InChI=1S/C22H21BrN4O4S/c1-30-15-8-9-16(18(12-15)31-2)21(29)27-10-4-7-17(27)19(28)24-22-26-25-20(32-22)13-5-3-6-14(23)11-13/h3,5-6,8-9,11-12,17H,4,7,10H2,1-2H3,(H,24,26,28). The molecule has 166 valence electrons. The molecule has 0 aliphatic carbocycles. The van der Waals surface area contributed by atoms with Gasteiger partial charge in [0.25, 0.3) is 5.91 Å². The van der Waals surface area contributed by atoms with Gasteiger partial charge in [-0.25, -0.2) is 0 Å². The van der Waals surface area contributed by atoms with E-state index in [-0.39, 0.29) is 11.8 Å². The second-order valence-electron chi connectivity index (χ2n) is 7.13. The quantitative estimate of drug-likeness (QED) is 0.526. The number of hydrogen-bond donors (Lipinski definition) is 1. The summed E-state index contributed by atoms with van der Waals surface area (Å²) in [7, 11) is 3.05. The van der Waals surface area contributed by atoms with E-state index < -0.39 is 6.04 Å². The van der Waals surface area contributed by atoms with E-state index in [0.717, 1.165) is 16.5 Å². The first-order chi connectivity index (χ1) is 15.5.